The van der Waals surface area contributed by atoms with Gasteiger partial charge in [0.2, 0.25) is 0 Å². The lowest BCUT2D eigenvalue weighted by molar-refractivity contribution is -0.128. The van der Waals surface area contributed by atoms with Crippen molar-refractivity contribution in [3.8, 4) is 0 Å². The van der Waals surface area contributed by atoms with E-state index in [9.17, 15) is 9.59 Å². The Bertz CT molecular complexity index is 869. The summed E-state index contributed by atoms with van der Waals surface area (Å²) in [6.45, 7) is 9.24. The van der Waals surface area contributed by atoms with E-state index in [2.05, 4.69) is 31.0 Å². The first-order valence-corrected chi connectivity index (χ1v) is 9.89. The van der Waals surface area contributed by atoms with E-state index in [1.54, 1.807) is 35.2 Å². The van der Waals surface area contributed by atoms with Crippen molar-refractivity contribution >= 4 is 17.9 Å². The van der Waals surface area contributed by atoms with Gasteiger partial charge < -0.3 is 19.5 Å². The van der Waals surface area contributed by atoms with Crippen LogP contribution in [-0.2, 0) is 10.2 Å². The van der Waals surface area contributed by atoms with Crippen LogP contribution in [0, 0.1) is 0 Å². The Morgan fingerprint density at radius 3 is 2.24 bits per heavy atom. The minimum absolute atomic E-state index is 0.0107. The fraction of sp³-hybridized carbons (Fsp3) is 0.391. The minimum atomic E-state index is -0.314. The largest absolute Gasteiger partial charge is 0.465 e. The number of benzene rings is 1. The number of carbonyl (C=O) groups is 2. The summed E-state index contributed by atoms with van der Waals surface area (Å²) in [5, 5.41) is 2.80. The van der Waals surface area contributed by atoms with Crippen molar-refractivity contribution < 1.29 is 14.0 Å². The fourth-order valence-corrected chi connectivity index (χ4v) is 3.16. The summed E-state index contributed by atoms with van der Waals surface area (Å²) >= 11 is 0. The van der Waals surface area contributed by atoms with E-state index in [0.29, 0.717) is 24.4 Å². The second kappa shape index (κ2) is 8.66. The molecule has 1 aliphatic heterocycles. The molecular formula is C23H29N3O3. The molecule has 2 aromatic rings. The highest BCUT2D eigenvalue weighted by Crippen LogP contribution is 2.22. The van der Waals surface area contributed by atoms with Gasteiger partial charge in [0.15, 0.2) is 0 Å². The molecule has 3 rings (SSSR count). The predicted molar refractivity (Wildman–Crippen MR) is 113 cm³/mol. The van der Waals surface area contributed by atoms with E-state index >= 15 is 0 Å². The highest BCUT2D eigenvalue weighted by Gasteiger charge is 2.24. The molecule has 0 radical (unpaired) electrons. The number of hydrogen-bond donors (Lipinski definition) is 1. The molecule has 0 unspecified atom stereocenters. The lowest BCUT2D eigenvalue weighted by Crippen LogP contribution is -2.49. The smallest absolute Gasteiger partial charge is 0.270 e. The van der Waals surface area contributed by atoms with Gasteiger partial charge >= 0.3 is 0 Å². The number of furan rings is 1. The molecule has 0 atom stereocenters. The van der Waals surface area contributed by atoms with Gasteiger partial charge in [-0.1, -0.05) is 32.9 Å². The normalized spacial score (nSPS) is 16.0. The highest BCUT2D eigenvalue weighted by molar-refractivity contribution is 6.05. The van der Waals surface area contributed by atoms with Crippen LogP contribution in [0.25, 0.3) is 6.08 Å². The second-order valence-electron chi connectivity index (χ2n) is 8.45. The second-order valence-corrected chi connectivity index (χ2v) is 8.45. The van der Waals surface area contributed by atoms with Crippen LogP contribution in [0.4, 0.5) is 0 Å². The average Bonchev–Trinajstić information content (AvgIpc) is 3.20. The number of carbonyl (C=O) groups excluding carboxylic acids is 2. The predicted octanol–water partition coefficient (Wildman–Crippen LogP) is 3.12. The van der Waals surface area contributed by atoms with Crippen molar-refractivity contribution in [3.63, 3.8) is 0 Å². The third-order valence-electron chi connectivity index (χ3n) is 5.11. The molecule has 1 aliphatic rings. The fourth-order valence-electron chi connectivity index (χ4n) is 3.16. The molecule has 0 saturated carbocycles. The molecule has 1 N–H and O–H groups in total. The van der Waals surface area contributed by atoms with Gasteiger partial charge in [-0.15, -0.1) is 0 Å². The Kier molecular flexibility index (Phi) is 6.23. The maximum absolute atomic E-state index is 13.1. The molecule has 2 amide bonds. The van der Waals surface area contributed by atoms with Gasteiger partial charge in [0.1, 0.15) is 11.5 Å². The van der Waals surface area contributed by atoms with Crippen molar-refractivity contribution in [3.05, 3.63) is 65.2 Å². The van der Waals surface area contributed by atoms with Gasteiger partial charge in [0.05, 0.1) is 6.26 Å². The SMILES string of the molecule is CN1CCN(C(=O)/C(=C\c2ccco2)NC(=O)c2ccc(C(C)(C)C)cc2)CC1. The summed E-state index contributed by atoms with van der Waals surface area (Å²) in [4.78, 5) is 29.8. The van der Waals surface area contributed by atoms with E-state index in [1.807, 2.05) is 19.2 Å². The number of rotatable bonds is 4. The van der Waals surface area contributed by atoms with Gasteiger partial charge in [0, 0.05) is 37.8 Å². The summed E-state index contributed by atoms with van der Waals surface area (Å²) in [7, 11) is 2.03. The average molecular weight is 396 g/mol. The lowest BCUT2D eigenvalue weighted by Gasteiger charge is -2.33. The summed E-state index contributed by atoms with van der Waals surface area (Å²) in [5.41, 5.74) is 1.88. The minimum Gasteiger partial charge on any atom is -0.465 e. The number of likely N-dealkylation sites (N-methyl/N-ethyl adjacent to an activating group) is 1. The summed E-state index contributed by atoms with van der Waals surface area (Å²) in [6.07, 6.45) is 3.12. The van der Waals surface area contributed by atoms with Crippen LogP contribution in [-0.4, -0.2) is 54.8 Å². The topological polar surface area (TPSA) is 65.8 Å². The third kappa shape index (κ3) is 5.35. The summed E-state index contributed by atoms with van der Waals surface area (Å²) in [6, 6.07) is 11.0. The zero-order chi connectivity index (χ0) is 21.0. The van der Waals surface area contributed by atoms with Crippen molar-refractivity contribution in [2.24, 2.45) is 0 Å². The van der Waals surface area contributed by atoms with Crippen molar-refractivity contribution in [1.29, 1.82) is 0 Å². The standard InChI is InChI=1S/C23H29N3O3/c1-23(2,3)18-9-7-17(8-10-18)21(27)24-20(16-19-6-5-15-29-19)22(28)26-13-11-25(4)12-14-26/h5-10,15-16H,11-14H2,1-4H3,(H,24,27)/b20-16+. The van der Waals surface area contributed by atoms with E-state index in [-0.39, 0.29) is 22.9 Å². The molecule has 1 fully saturated rings. The number of piperazine rings is 1. The van der Waals surface area contributed by atoms with E-state index in [1.165, 1.54) is 6.26 Å². The molecule has 0 spiro atoms. The Balaban J connectivity index is 1.79. The van der Waals surface area contributed by atoms with Gasteiger partial charge in [-0.3, -0.25) is 9.59 Å². The first-order chi connectivity index (χ1) is 13.7. The van der Waals surface area contributed by atoms with E-state index < -0.39 is 0 Å². The van der Waals surface area contributed by atoms with Crippen molar-refractivity contribution in [2.75, 3.05) is 33.2 Å². The summed E-state index contributed by atoms with van der Waals surface area (Å²) in [5.74, 6) is 0.00534. The lowest BCUT2D eigenvalue weighted by atomic mass is 9.87. The zero-order valence-electron chi connectivity index (χ0n) is 17.6. The quantitative estimate of drug-likeness (QED) is 0.808. The van der Waals surface area contributed by atoms with Gasteiger partial charge in [-0.2, -0.15) is 0 Å². The maximum Gasteiger partial charge on any atom is 0.270 e. The number of nitrogens with zero attached hydrogens (tertiary/aromatic N) is 2. The molecule has 1 aromatic carbocycles. The molecule has 1 aromatic heterocycles. The van der Waals surface area contributed by atoms with Gasteiger partial charge in [-0.05, 0) is 42.3 Å². The Morgan fingerprint density at radius 2 is 1.69 bits per heavy atom. The van der Waals surface area contributed by atoms with Crippen LogP contribution in [0.1, 0.15) is 42.5 Å². The van der Waals surface area contributed by atoms with Crippen molar-refractivity contribution in [2.45, 2.75) is 26.2 Å². The third-order valence-corrected chi connectivity index (χ3v) is 5.11. The van der Waals surface area contributed by atoms with Crippen LogP contribution < -0.4 is 5.32 Å². The molecular weight excluding hydrogens is 366 g/mol. The van der Waals surface area contributed by atoms with Crippen molar-refractivity contribution in [1.82, 2.24) is 15.1 Å². The molecule has 2 heterocycles. The number of nitrogens with one attached hydrogen (secondary N) is 1. The Hall–Kier alpha value is -2.86. The van der Waals surface area contributed by atoms with Crippen LogP contribution in [0.15, 0.2) is 52.8 Å². The monoisotopic (exact) mass is 395 g/mol. The number of amides is 2. The first kappa shape index (κ1) is 20.9. The Morgan fingerprint density at radius 1 is 1.03 bits per heavy atom. The Labute approximate surface area is 172 Å². The van der Waals surface area contributed by atoms with Gasteiger partial charge in [-0.25, -0.2) is 0 Å². The first-order valence-electron chi connectivity index (χ1n) is 9.89. The van der Waals surface area contributed by atoms with E-state index in [4.69, 9.17) is 4.42 Å². The molecule has 29 heavy (non-hydrogen) atoms. The van der Waals surface area contributed by atoms with Crippen LogP contribution in [0.2, 0.25) is 0 Å². The van der Waals surface area contributed by atoms with Crippen LogP contribution >= 0.6 is 0 Å². The van der Waals surface area contributed by atoms with Gasteiger partial charge in [0.25, 0.3) is 11.8 Å². The molecule has 6 nitrogen and oxygen atoms in total. The van der Waals surface area contributed by atoms with E-state index in [0.717, 1.165) is 18.7 Å². The van der Waals surface area contributed by atoms with Crippen LogP contribution in [0.3, 0.4) is 0 Å². The molecule has 1 saturated heterocycles. The highest BCUT2D eigenvalue weighted by atomic mass is 16.3. The molecule has 154 valence electrons. The zero-order valence-corrected chi connectivity index (χ0v) is 17.6. The summed E-state index contributed by atoms with van der Waals surface area (Å²) < 4.78 is 5.35. The maximum atomic E-state index is 13.1. The molecule has 0 bridgehead atoms. The molecule has 6 heteroatoms. The molecule has 0 aliphatic carbocycles. The number of hydrogen-bond acceptors (Lipinski definition) is 4. The van der Waals surface area contributed by atoms with Crippen LogP contribution in [0.5, 0.6) is 0 Å².